The minimum absolute atomic E-state index is 0.0980. The zero-order valence-electron chi connectivity index (χ0n) is 14.9. The fraction of sp³-hybridized carbons (Fsp3) is 0.688. The quantitative estimate of drug-likeness (QED) is 0.287. The first-order chi connectivity index (χ1) is 13.1. The number of aliphatic hydroxyl groups is 3. The molecule has 4 atom stereocenters. The van der Waals surface area contributed by atoms with Gasteiger partial charge in [-0.25, -0.2) is 9.97 Å². The third-order valence-corrected chi connectivity index (χ3v) is 4.67. The lowest BCUT2D eigenvalue weighted by molar-refractivity contribution is -0.0501. The molecule has 0 spiro atoms. The Balaban J connectivity index is 1.86. The molecule has 11 nitrogen and oxygen atoms in total. The average molecular weight is 382 g/mol. The Kier molecular flexibility index (Phi) is 6.39. The lowest BCUT2D eigenvalue weighted by Gasteiger charge is -2.19. The van der Waals surface area contributed by atoms with Crippen LogP contribution in [0, 0.1) is 0 Å². The van der Waals surface area contributed by atoms with Crippen LogP contribution in [0.5, 0.6) is 0 Å². The van der Waals surface area contributed by atoms with Crippen molar-refractivity contribution >= 4 is 17.1 Å². The van der Waals surface area contributed by atoms with Crippen molar-refractivity contribution in [3.8, 4) is 0 Å². The van der Waals surface area contributed by atoms with E-state index < -0.39 is 36.7 Å². The predicted molar refractivity (Wildman–Crippen MR) is 97.2 cm³/mol. The van der Waals surface area contributed by atoms with Gasteiger partial charge in [0.25, 0.3) is 5.56 Å². The van der Waals surface area contributed by atoms with Gasteiger partial charge in [-0.1, -0.05) is 12.8 Å². The van der Waals surface area contributed by atoms with Crippen LogP contribution < -0.4 is 16.6 Å². The maximum absolute atomic E-state index is 12.1. The summed E-state index contributed by atoms with van der Waals surface area (Å²) in [6.07, 6.45) is 0.588. The lowest BCUT2D eigenvalue weighted by atomic mass is 10.1. The van der Waals surface area contributed by atoms with E-state index in [1.165, 1.54) is 10.9 Å². The van der Waals surface area contributed by atoms with Gasteiger partial charge >= 0.3 is 0 Å². The van der Waals surface area contributed by atoms with Gasteiger partial charge in [-0.05, 0) is 19.4 Å². The topological polar surface area (TPSA) is 172 Å². The summed E-state index contributed by atoms with van der Waals surface area (Å²) in [4.78, 5) is 23.0. The number of rotatable bonds is 9. The first kappa shape index (κ1) is 19.7. The number of aliphatic hydroxyl groups excluding tert-OH is 3. The van der Waals surface area contributed by atoms with E-state index in [9.17, 15) is 20.1 Å². The molecule has 150 valence electrons. The van der Waals surface area contributed by atoms with Crippen LogP contribution in [-0.4, -0.2) is 72.8 Å². The molecule has 0 radical (unpaired) electrons. The molecule has 1 saturated heterocycles. The normalized spacial score (nSPS) is 25.3. The Morgan fingerprint density at radius 3 is 2.74 bits per heavy atom. The van der Waals surface area contributed by atoms with Crippen LogP contribution in [0.25, 0.3) is 11.2 Å². The van der Waals surface area contributed by atoms with Crippen LogP contribution in [0.3, 0.4) is 0 Å². The highest BCUT2D eigenvalue weighted by atomic mass is 16.6. The molecule has 0 bridgehead atoms. The Hall–Kier alpha value is -2.05. The number of ether oxygens (including phenoxy) is 1. The van der Waals surface area contributed by atoms with E-state index in [0.717, 1.165) is 25.7 Å². The van der Waals surface area contributed by atoms with Gasteiger partial charge < -0.3 is 36.1 Å². The molecule has 0 amide bonds. The number of nitrogens with zero attached hydrogens (tertiary/aromatic N) is 3. The molecular weight excluding hydrogens is 356 g/mol. The minimum Gasteiger partial charge on any atom is -0.394 e. The first-order valence-corrected chi connectivity index (χ1v) is 9.10. The molecule has 4 unspecified atom stereocenters. The van der Waals surface area contributed by atoms with E-state index in [1.54, 1.807) is 0 Å². The molecule has 27 heavy (non-hydrogen) atoms. The van der Waals surface area contributed by atoms with Crippen LogP contribution in [0.2, 0.25) is 0 Å². The van der Waals surface area contributed by atoms with Gasteiger partial charge in [0, 0.05) is 6.54 Å². The number of imidazole rings is 1. The van der Waals surface area contributed by atoms with Crippen molar-refractivity contribution in [3.05, 3.63) is 16.7 Å². The van der Waals surface area contributed by atoms with Crippen LogP contribution in [0.1, 0.15) is 31.9 Å². The summed E-state index contributed by atoms with van der Waals surface area (Å²) in [5.41, 5.74) is 5.38. The molecule has 0 saturated carbocycles. The smallest absolute Gasteiger partial charge is 0.278 e. The summed E-state index contributed by atoms with van der Waals surface area (Å²) < 4.78 is 7.05. The highest BCUT2D eigenvalue weighted by molar-refractivity contribution is 5.73. The molecule has 3 heterocycles. The van der Waals surface area contributed by atoms with Crippen molar-refractivity contribution in [2.75, 3.05) is 25.0 Å². The second-order valence-electron chi connectivity index (χ2n) is 6.57. The van der Waals surface area contributed by atoms with Crippen LogP contribution in [0.4, 0.5) is 5.95 Å². The summed E-state index contributed by atoms with van der Waals surface area (Å²) in [7, 11) is 0. The molecule has 3 rings (SSSR count). The third-order valence-electron chi connectivity index (χ3n) is 4.67. The summed E-state index contributed by atoms with van der Waals surface area (Å²) >= 11 is 0. The molecule has 11 heteroatoms. The second-order valence-corrected chi connectivity index (χ2v) is 6.57. The van der Waals surface area contributed by atoms with E-state index in [-0.39, 0.29) is 11.2 Å². The number of unbranched alkanes of at least 4 members (excludes halogenated alkanes) is 3. The Morgan fingerprint density at radius 1 is 1.26 bits per heavy atom. The molecule has 2 aromatic heterocycles. The summed E-state index contributed by atoms with van der Waals surface area (Å²) in [6.45, 7) is 0.822. The van der Waals surface area contributed by atoms with Gasteiger partial charge in [0.05, 0.1) is 12.9 Å². The Labute approximate surface area is 155 Å². The van der Waals surface area contributed by atoms with Crippen LogP contribution in [0.15, 0.2) is 11.1 Å². The maximum Gasteiger partial charge on any atom is 0.278 e. The number of nitrogens with two attached hydrogens (primary N) is 1. The standard InChI is InChI=1S/C16H26N6O5/c17-5-3-1-2-4-6-18-16-21-10-13(19-8-20-14(10)26)22(16)15-12(25)11(24)9(7-23)27-15/h8-9,11-12,15,23-25H,1-7,17H2,(H,18,21)(H,19,20,26). The largest absolute Gasteiger partial charge is 0.394 e. The molecule has 7 N–H and O–H groups in total. The van der Waals surface area contributed by atoms with E-state index in [2.05, 4.69) is 20.3 Å². The molecule has 1 fully saturated rings. The van der Waals surface area contributed by atoms with Gasteiger partial charge in [-0.2, -0.15) is 0 Å². The number of hydrogen-bond acceptors (Lipinski definition) is 9. The molecule has 0 aromatic carbocycles. The van der Waals surface area contributed by atoms with Gasteiger partial charge in [-0.15, -0.1) is 0 Å². The number of anilines is 1. The molecule has 1 aliphatic rings. The van der Waals surface area contributed by atoms with Crippen molar-refractivity contribution in [1.29, 1.82) is 0 Å². The summed E-state index contributed by atoms with van der Waals surface area (Å²) in [5.74, 6) is 0.308. The van der Waals surface area contributed by atoms with Crippen molar-refractivity contribution in [1.82, 2.24) is 19.5 Å². The number of nitrogens with one attached hydrogen (secondary N) is 2. The average Bonchev–Trinajstić information content (AvgIpc) is 3.17. The van der Waals surface area contributed by atoms with Gasteiger partial charge in [0.2, 0.25) is 5.95 Å². The van der Waals surface area contributed by atoms with Crippen molar-refractivity contribution in [3.63, 3.8) is 0 Å². The van der Waals surface area contributed by atoms with E-state index >= 15 is 0 Å². The number of aromatic amines is 1. The second kappa shape index (κ2) is 8.76. The lowest BCUT2D eigenvalue weighted by Crippen LogP contribution is -2.33. The number of aromatic nitrogens is 4. The summed E-state index contributed by atoms with van der Waals surface area (Å²) in [5, 5.41) is 32.9. The van der Waals surface area contributed by atoms with Crippen molar-refractivity contribution < 1.29 is 20.1 Å². The molecular formula is C16H26N6O5. The fourth-order valence-electron chi connectivity index (χ4n) is 3.20. The van der Waals surface area contributed by atoms with Gasteiger partial charge in [0.1, 0.15) is 18.3 Å². The highest BCUT2D eigenvalue weighted by Crippen LogP contribution is 2.33. The van der Waals surface area contributed by atoms with Crippen molar-refractivity contribution in [2.24, 2.45) is 5.73 Å². The Bertz CT molecular complexity index is 808. The Morgan fingerprint density at radius 2 is 2.04 bits per heavy atom. The SMILES string of the molecule is NCCCCCCNc1nc2c(=O)[nH]cnc2n1C1OC(CO)C(O)C1O. The number of hydrogen-bond donors (Lipinski definition) is 6. The van der Waals surface area contributed by atoms with Crippen LogP contribution >= 0.6 is 0 Å². The highest BCUT2D eigenvalue weighted by Gasteiger charge is 2.45. The molecule has 2 aromatic rings. The number of fused-ring (bicyclic) bond motifs is 1. The minimum atomic E-state index is -1.30. The fourth-order valence-corrected chi connectivity index (χ4v) is 3.20. The summed E-state index contributed by atoms with van der Waals surface area (Å²) in [6, 6.07) is 0. The van der Waals surface area contributed by atoms with Gasteiger partial charge in [0.15, 0.2) is 17.4 Å². The zero-order valence-corrected chi connectivity index (χ0v) is 14.9. The van der Waals surface area contributed by atoms with E-state index in [0.29, 0.717) is 19.0 Å². The maximum atomic E-state index is 12.1. The van der Waals surface area contributed by atoms with E-state index in [1.807, 2.05) is 0 Å². The molecule has 1 aliphatic heterocycles. The molecule has 0 aliphatic carbocycles. The third kappa shape index (κ3) is 3.96. The zero-order chi connectivity index (χ0) is 19.4. The predicted octanol–water partition coefficient (Wildman–Crippen LogP) is -1.34. The van der Waals surface area contributed by atoms with Gasteiger partial charge in [-0.3, -0.25) is 9.36 Å². The van der Waals surface area contributed by atoms with E-state index in [4.69, 9.17) is 10.5 Å². The first-order valence-electron chi connectivity index (χ1n) is 9.10. The number of H-pyrrole nitrogens is 1. The van der Waals surface area contributed by atoms with Crippen LogP contribution in [-0.2, 0) is 4.74 Å². The van der Waals surface area contributed by atoms with Crippen molar-refractivity contribution in [2.45, 2.75) is 50.2 Å². The monoisotopic (exact) mass is 382 g/mol.